The van der Waals surface area contributed by atoms with Crippen LogP contribution in [0.15, 0.2) is 42.5 Å². The summed E-state index contributed by atoms with van der Waals surface area (Å²) in [5, 5.41) is 6.23. The molecule has 0 aliphatic rings. The van der Waals surface area contributed by atoms with Crippen LogP contribution in [-0.2, 0) is 6.42 Å². The fourth-order valence-corrected chi connectivity index (χ4v) is 3.02. The number of hydrogen-bond donors (Lipinski definition) is 1. The van der Waals surface area contributed by atoms with Crippen molar-refractivity contribution in [2.75, 3.05) is 7.05 Å². The zero-order valence-corrected chi connectivity index (χ0v) is 13.2. The van der Waals surface area contributed by atoms with Gasteiger partial charge in [-0.25, -0.2) is 0 Å². The Morgan fingerprint density at radius 2 is 1.70 bits per heavy atom. The summed E-state index contributed by atoms with van der Waals surface area (Å²) in [6, 6.07) is 15.9. The van der Waals surface area contributed by atoms with E-state index in [2.05, 4.69) is 75.6 Å². The zero-order chi connectivity index (χ0) is 14.6. The van der Waals surface area contributed by atoms with Crippen molar-refractivity contribution in [2.45, 2.75) is 46.1 Å². The van der Waals surface area contributed by atoms with E-state index in [9.17, 15) is 0 Å². The summed E-state index contributed by atoms with van der Waals surface area (Å²) in [5.41, 5.74) is 1.81. The Bertz CT molecular complexity index is 546. The summed E-state index contributed by atoms with van der Waals surface area (Å²) in [7, 11) is 2.08. The van der Waals surface area contributed by atoms with Crippen LogP contribution in [0.2, 0.25) is 0 Å². The summed E-state index contributed by atoms with van der Waals surface area (Å²) < 4.78 is 0. The maximum atomic E-state index is 3.47. The molecule has 0 aliphatic heterocycles. The Morgan fingerprint density at radius 1 is 1.00 bits per heavy atom. The molecule has 0 fully saturated rings. The Labute approximate surface area is 123 Å². The SMILES string of the molecule is CNC(CCCc1cccc2ccccc12)C(C)(C)C. The highest BCUT2D eigenvalue weighted by molar-refractivity contribution is 5.85. The predicted molar refractivity (Wildman–Crippen MR) is 89.2 cm³/mol. The van der Waals surface area contributed by atoms with Gasteiger partial charge in [0.25, 0.3) is 0 Å². The topological polar surface area (TPSA) is 12.0 Å². The molecule has 1 unspecified atom stereocenters. The molecule has 1 heteroatoms. The average Bonchev–Trinajstić information content (AvgIpc) is 2.42. The van der Waals surface area contributed by atoms with Crippen LogP contribution in [0, 0.1) is 5.41 Å². The van der Waals surface area contributed by atoms with Gasteiger partial charge in [-0.15, -0.1) is 0 Å². The average molecular weight is 269 g/mol. The first kappa shape index (κ1) is 15.1. The van der Waals surface area contributed by atoms with E-state index >= 15 is 0 Å². The van der Waals surface area contributed by atoms with Crippen LogP contribution < -0.4 is 5.32 Å². The van der Waals surface area contributed by atoms with E-state index in [4.69, 9.17) is 0 Å². The van der Waals surface area contributed by atoms with Crippen LogP contribution in [0.5, 0.6) is 0 Å². The van der Waals surface area contributed by atoms with Gasteiger partial charge in [0.2, 0.25) is 0 Å². The lowest BCUT2D eigenvalue weighted by molar-refractivity contribution is 0.264. The van der Waals surface area contributed by atoms with E-state index in [1.54, 1.807) is 0 Å². The van der Waals surface area contributed by atoms with Crippen molar-refractivity contribution < 1.29 is 0 Å². The van der Waals surface area contributed by atoms with Crippen LogP contribution in [0.4, 0.5) is 0 Å². The number of rotatable bonds is 5. The lowest BCUT2D eigenvalue weighted by Gasteiger charge is -2.30. The molecule has 2 aromatic carbocycles. The van der Waals surface area contributed by atoms with Gasteiger partial charge in [-0.2, -0.15) is 0 Å². The van der Waals surface area contributed by atoms with Crippen molar-refractivity contribution in [2.24, 2.45) is 5.41 Å². The van der Waals surface area contributed by atoms with Gasteiger partial charge in [-0.05, 0) is 48.1 Å². The number of fused-ring (bicyclic) bond motifs is 1. The monoisotopic (exact) mass is 269 g/mol. The minimum atomic E-state index is 0.327. The van der Waals surface area contributed by atoms with E-state index in [0.29, 0.717) is 11.5 Å². The van der Waals surface area contributed by atoms with E-state index in [0.717, 1.165) is 6.42 Å². The smallest absolute Gasteiger partial charge is 0.0113 e. The van der Waals surface area contributed by atoms with E-state index in [1.807, 2.05) is 0 Å². The van der Waals surface area contributed by atoms with Gasteiger partial charge in [0.15, 0.2) is 0 Å². The molecular weight excluding hydrogens is 242 g/mol. The standard InChI is InChI=1S/C19H27N/c1-19(2,3)18(20-4)14-8-12-16-11-7-10-15-9-5-6-13-17(15)16/h5-7,9-11,13,18,20H,8,12,14H2,1-4H3. The molecule has 0 bridgehead atoms. The van der Waals surface area contributed by atoms with Crippen molar-refractivity contribution in [3.8, 4) is 0 Å². The fraction of sp³-hybridized carbons (Fsp3) is 0.474. The highest BCUT2D eigenvalue weighted by atomic mass is 14.9. The number of hydrogen-bond acceptors (Lipinski definition) is 1. The highest BCUT2D eigenvalue weighted by Gasteiger charge is 2.22. The molecule has 0 aromatic heterocycles. The van der Waals surface area contributed by atoms with Crippen molar-refractivity contribution in [1.82, 2.24) is 5.32 Å². The number of aryl methyl sites for hydroxylation is 1. The van der Waals surface area contributed by atoms with Gasteiger partial charge in [-0.3, -0.25) is 0 Å². The third-order valence-corrected chi connectivity index (χ3v) is 4.21. The number of nitrogens with one attached hydrogen (secondary N) is 1. The third kappa shape index (κ3) is 3.61. The van der Waals surface area contributed by atoms with Gasteiger partial charge < -0.3 is 5.32 Å². The molecule has 108 valence electrons. The lowest BCUT2D eigenvalue weighted by atomic mass is 9.83. The molecule has 2 aromatic rings. The summed E-state index contributed by atoms with van der Waals surface area (Å²) in [4.78, 5) is 0. The molecular formula is C19H27N. The van der Waals surface area contributed by atoms with Crippen molar-refractivity contribution in [3.63, 3.8) is 0 Å². The number of benzene rings is 2. The van der Waals surface area contributed by atoms with E-state index in [1.165, 1.54) is 29.2 Å². The van der Waals surface area contributed by atoms with E-state index in [-0.39, 0.29) is 0 Å². The van der Waals surface area contributed by atoms with Crippen LogP contribution >= 0.6 is 0 Å². The van der Waals surface area contributed by atoms with Crippen LogP contribution in [0.25, 0.3) is 10.8 Å². The molecule has 0 saturated heterocycles. The summed E-state index contributed by atoms with van der Waals surface area (Å²) in [6.45, 7) is 6.93. The molecule has 1 nitrogen and oxygen atoms in total. The molecule has 20 heavy (non-hydrogen) atoms. The second-order valence-corrected chi connectivity index (χ2v) is 6.74. The molecule has 0 spiro atoms. The molecule has 0 radical (unpaired) electrons. The van der Waals surface area contributed by atoms with E-state index < -0.39 is 0 Å². The Kier molecular flexibility index (Phi) is 4.82. The molecule has 2 rings (SSSR count). The van der Waals surface area contributed by atoms with Crippen molar-refractivity contribution in [3.05, 3.63) is 48.0 Å². The second kappa shape index (κ2) is 6.41. The molecule has 0 aliphatic carbocycles. The quantitative estimate of drug-likeness (QED) is 0.822. The minimum absolute atomic E-state index is 0.327. The van der Waals surface area contributed by atoms with Gasteiger partial charge in [-0.1, -0.05) is 63.2 Å². The van der Waals surface area contributed by atoms with Gasteiger partial charge in [0, 0.05) is 6.04 Å². The third-order valence-electron chi connectivity index (χ3n) is 4.21. The summed E-state index contributed by atoms with van der Waals surface area (Å²) in [6.07, 6.45) is 3.62. The first-order chi connectivity index (χ1) is 9.52. The predicted octanol–water partition coefficient (Wildman–Crippen LogP) is 4.80. The Morgan fingerprint density at radius 3 is 2.40 bits per heavy atom. The van der Waals surface area contributed by atoms with Crippen molar-refractivity contribution in [1.29, 1.82) is 0 Å². The lowest BCUT2D eigenvalue weighted by Crippen LogP contribution is -2.37. The van der Waals surface area contributed by atoms with Crippen LogP contribution in [-0.4, -0.2) is 13.1 Å². The molecule has 0 saturated carbocycles. The maximum absolute atomic E-state index is 3.47. The molecule has 0 heterocycles. The molecule has 1 N–H and O–H groups in total. The summed E-state index contributed by atoms with van der Waals surface area (Å²) in [5.74, 6) is 0. The Balaban J connectivity index is 2.03. The maximum Gasteiger partial charge on any atom is 0.0113 e. The van der Waals surface area contributed by atoms with Gasteiger partial charge in [0.1, 0.15) is 0 Å². The molecule has 1 atom stereocenters. The second-order valence-electron chi connectivity index (χ2n) is 6.74. The van der Waals surface area contributed by atoms with Crippen LogP contribution in [0.1, 0.15) is 39.2 Å². The van der Waals surface area contributed by atoms with Gasteiger partial charge in [0.05, 0.1) is 0 Å². The largest absolute Gasteiger partial charge is 0.316 e. The highest BCUT2D eigenvalue weighted by Crippen LogP contribution is 2.25. The first-order valence-electron chi connectivity index (χ1n) is 7.66. The zero-order valence-electron chi connectivity index (χ0n) is 13.2. The van der Waals surface area contributed by atoms with Gasteiger partial charge >= 0.3 is 0 Å². The Hall–Kier alpha value is -1.34. The van der Waals surface area contributed by atoms with Crippen molar-refractivity contribution >= 4 is 10.8 Å². The fourth-order valence-electron chi connectivity index (χ4n) is 3.02. The summed E-state index contributed by atoms with van der Waals surface area (Å²) >= 11 is 0. The normalized spacial score (nSPS) is 13.6. The minimum Gasteiger partial charge on any atom is -0.316 e. The first-order valence-corrected chi connectivity index (χ1v) is 7.66. The van der Waals surface area contributed by atoms with Crippen LogP contribution in [0.3, 0.4) is 0 Å². The molecule has 0 amide bonds.